The number of nitrogens with zero attached hydrogens (tertiary/aromatic N) is 2. The summed E-state index contributed by atoms with van der Waals surface area (Å²) in [4.78, 5) is 24.3. The van der Waals surface area contributed by atoms with Crippen LogP contribution < -0.4 is 11.1 Å². The number of amides is 1. The molecular weight excluding hydrogens is 290 g/mol. The summed E-state index contributed by atoms with van der Waals surface area (Å²) in [6.07, 6.45) is 2.01. The van der Waals surface area contributed by atoms with Crippen LogP contribution in [0, 0.1) is 0 Å². The van der Waals surface area contributed by atoms with Crippen molar-refractivity contribution in [2.75, 3.05) is 0 Å². The summed E-state index contributed by atoms with van der Waals surface area (Å²) in [5.41, 5.74) is 0. The highest BCUT2D eigenvalue weighted by Gasteiger charge is 2.13. The first kappa shape index (κ1) is 15.5. The molecule has 6 nitrogen and oxygen atoms in total. The van der Waals surface area contributed by atoms with Crippen molar-refractivity contribution < 1.29 is 9.21 Å². The Balaban J connectivity index is 1.95. The normalized spacial score (nSPS) is 11.0. The summed E-state index contributed by atoms with van der Waals surface area (Å²) in [5.74, 6) is -0.305. The van der Waals surface area contributed by atoms with Crippen molar-refractivity contribution in [2.24, 2.45) is 0 Å². The Kier molecular flexibility index (Phi) is 5.32. The van der Waals surface area contributed by atoms with Gasteiger partial charge in [0.15, 0.2) is 0 Å². The first-order chi connectivity index (χ1) is 10.1. The van der Waals surface area contributed by atoms with Crippen LogP contribution in [0.1, 0.15) is 33.1 Å². The lowest BCUT2D eigenvalue weighted by molar-refractivity contribution is -0.122. The molecule has 7 heteroatoms. The molecule has 0 spiro atoms. The first-order valence-corrected chi connectivity index (χ1v) is 7.93. The van der Waals surface area contributed by atoms with Gasteiger partial charge >= 0.3 is 5.76 Å². The third kappa shape index (κ3) is 4.04. The monoisotopic (exact) mass is 309 g/mol. The average molecular weight is 309 g/mol. The van der Waals surface area contributed by atoms with Gasteiger partial charge in [-0.25, -0.2) is 4.79 Å². The Hall–Kier alpha value is -1.89. The van der Waals surface area contributed by atoms with Gasteiger partial charge in [-0.05, 0) is 24.3 Å². The van der Waals surface area contributed by atoms with Gasteiger partial charge in [0, 0.05) is 12.5 Å². The number of rotatable bonds is 7. The molecule has 0 saturated carbocycles. The van der Waals surface area contributed by atoms with Gasteiger partial charge in [0.05, 0.1) is 11.4 Å². The Morgan fingerprint density at radius 2 is 2.24 bits per heavy atom. The second-order valence-corrected chi connectivity index (χ2v) is 5.65. The van der Waals surface area contributed by atoms with E-state index in [2.05, 4.69) is 10.4 Å². The van der Waals surface area contributed by atoms with Crippen LogP contribution in [0.4, 0.5) is 0 Å². The summed E-state index contributed by atoms with van der Waals surface area (Å²) >= 11 is 1.45. The average Bonchev–Trinajstić information content (AvgIpc) is 3.12. The van der Waals surface area contributed by atoms with Gasteiger partial charge in [0.25, 0.3) is 5.89 Å². The van der Waals surface area contributed by atoms with E-state index in [4.69, 9.17) is 4.42 Å². The molecule has 1 N–H and O–H groups in total. The number of carbonyl (C=O) groups is 1. The summed E-state index contributed by atoms with van der Waals surface area (Å²) in [6.45, 7) is 4.29. The molecule has 0 radical (unpaired) electrons. The highest BCUT2D eigenvalue weighted by atomic mass is 32.1. The minimum Gasteiger partial charge on any atom is -0.387 e. The second-order valence-electron chi connectivity index (χ2n) is 4.70. The maximum atomic E-state index is 11.8. The number of thiophene rings is 1. The van der Waals surface area contributed by atoms with Crippen LogP contribution in [0.5, 0.6) is 0 Å². The number of carbonyl (C=O) groups excluding carboxylic acids is 1. The van der Waals surface area contributed by atoms with E-state index in [1.807, 2.05) is 31.4 Å². The second kappa shape index (κ2) is 7.21. The van der Waals surface area contributed by atoms with E-state index < -0.39 is 5.76 Å². The van der Waals surface area contributed by atoms with Crippen molar-refractivity contribution in [1.29, 1.82) is 0 Å². The standard InChI is InChI=1S/C14H19N3O3S/c1-3-10(4-2)15-12(18)7-8-17-14(19)20-13(16-17)11-6-5-9-21-11/h5-6,9-10H,3-4,7-8H2,1-2H3,(H,15,18). The van der Waals surface area contributed by atoms with Gasteiger partial charge < -0.3 is 9.73 Å². The fourth-order valence-electron chi connectivity index (χ4n) is 1.95. The van der Waals surface area contributed by atoms with Crippen molar-refractivity contribution in [2.45, 2.75) is 45.7 Å². The molecule has 2 aromatic rings. The molecule has 0 fully saturated rings. The van der Waals surface area contributed by atoms with Gasteiger partial charge in [0.1, 0.15) is 0 Å². The SMILES string of the molecule is CCC(CC)NC(=O)CCn1nc(-c2cccs2)oc1=O. The Bertz CT molecular complexity index is 626. The minimum absolute atomic E-state index is 0.0729. The number of aryl methyl sites for hydroxylation is 1. The smallest absolute Gasteiger partial charge is 0.387 e. The van der Waals surface area contributed by atoms with Gasteiger partial charge in [-0.3, -0.25) is 4.79 Å². The molecule has 0 saturated heterocycles. The molecule has 0 aromatic carbocycles. The van der Waals surface area contributed by atoms with E-state index in [9.17, 15) is 9.59 Å². The van der Waals surface area contributed by atoms with Crippen molar-refractivity contribution in [3.05, 3.63) is 28.1 Å². The summed E-state index contributed by atoms with van der Waals surface area (Å²) in [7, 11) is 0. The van der Waals surface area contributed by atoms with E-state index in [1.165, 1.54) is 16.0 Å². The molecule has 114 valence electrons. The molecule has 2 heterocycles. The van der Waals surface area contributed by atoms with Crippen molar-refractivity contribution in [1.82, 2.24) is 15.1 Å². The number of hydrogen-bond donors (Lipinski definition) is 1. The van der Waals surface area contributed by atoms with Crippen molar-refractivity contribution in [3.8, 4) is 10.8 Å². The van der Waals surface area contributed by atoms with Crippen LogP contribution in [0.2, 0.25) is 0 Å². The van der Waals surface area contributed by atoms with Crippen molar-refractivity contribution in [3.63, 3.8) is 0 Å². The minimum atomic E-state index is -0.534. The lowest BCUT2D eigenvalue weighted by Gasteiger charge is -2.14. The predicted molar refractivity (Wildman–Crippen MR) is 81.2 cm³/mol. The third-order valence-electron chi connectivity index (χ3n) is 3.24. The molecule has 0 unspecified atom stereocenters. The van der Waals surface area contributed by atoms with Gasteiger partial charge in [-0.2, -0.15) is 4.68 Å². The fourth-order valence-corrected chi connectivity index (χ4v) is 2.59. The molecule has 0 aliphatic heterocycles. The molecule has 21 heavy (non-hydrogen) atoms. The Morgan fingerprint density at radius 1 is 1.48 bits per heavy atom. The Morgan fingerprint density at radius 3 is 2.86 bits per heavy atom. The zero-order valence-corrected chi connectivity index (χ0v) is 13.0. The van der Waals surface area contributed by atoms with Gasteiger partial charge in [-0.15, -0.1) is 16.4 Å². The summed E-state index contributed by atoms with van der Waals surface area (Å²) < 4.78 is 6.29. The molecule has 0 atom stereocenters. The van der Waals surface area contributed by atoms with Crippen LogP contribution in [0.25, 0.3) is 10.8 Å². The summed E-state index contributed by atoms with van der Waals surface area (Å²) in [6, 6.07) is 3.88. The van der Waals surface area contributed by atoms with Crippen LogP contribution in [-0.4, -0.2) is 21.7 Å². The van der Waals surface area contributed by atoms with E-state index in [0.29, 0.717) is 5.89 Å². The third-order valence-corrected chi connectivity index (χ3v) is 4.10. The topological polar surface area (TPSA) is 77.1 Å². The Labute approximate surface area is 126 Å². The highest BCUT2D eigenvalue weighted by molar-refractivity contribution is 7.13. The van der Waals surface area contributed by atoms with Crippen molar-refractivity contribution >= 4 is 17.2 Å². The zero-order chi connectivity index (χ0) is 15.2. The highest BCUT2D eigenvalue weighted by Crippen LogP contribution is 2.20. The molecule has 0 bridgehead atoms. The van der Waals surface area contributed by atoms with E-state index in [1.54, 1.807) is 0 Å². The maximum Gasteiger partial charge on any atom is 0.437 e. The largest absolute Gasteiger partial charge is 0.437 e. The molecule has 0 aliphatic rings. The molecule has 2 aromatic heterocycles. The van der Waals surface area contributed by atoms with Crippen LogP contribution in [-0.2, 0) is 11.3 Å². The lowest BCUT2D eigenvalue weighted by atomic mass is 10.1. The first-order valence-electron chi connectivity index (χ1n) is 7.05. The van der Waals surface area contributed by atoms with Crippen LogP contribution >= 0.6 is 11.3 Å². The van der Waals surface area contributed by atoms with Gasteiger partial charge in [0.2, 0.25) is 5.91 Å². The molecular formula is C14H19N3O3S. The van der Waals surface area contributed by atoms with Gasteiger partial charge in [-0.1, -0.05) is 19.9 Å². The molecule has 1 amide bonds. The van der Waals surface area contributed by atoms with Crippen LogP contribution in [0.15, 0.2) is 26.7 Å². The maximum absolute atomic E-state index is 11.8. The number of nitrogens with one attached hydrogen (secondary N) is 1. The quantitative estimate of drug-likeness (QED) is 0.851. The predicted octanol–water partition coefficient (Wildman–Crippen LogP) is 2.26. The van der Waals surface area contributed by atoms with E-state index in [0.717, 1.165) is 17.7 Å². The number of aromatic nitrogens is 2. The zero-order valence-electron chi connectivity index (χ0n) is 12.2. The molecule has 2 rings (SSSR count). The van der Waals surface area contributed by atoms with Crippen LogP contribution in [0.3, 0.4) is 0 Å². The lowest BCUT2D eigenvalue weighted by Crippen LogP contribution is -2.34. The van der Waals surface area contributed by atoms with E-state index >= 15 is 0 Å². The summed E-state index contributed by atoms with van der Waals surface area (Å²) in [5, 5.41) is 8.93. The van der Waals surface area contributed by atoms with E-state index in [-0.39, 0.29) is 24.9 Å². The molecule has 0 aliphatic carbocycles. The fraction of sp³-hybridized carbons (Fsp3) is 0.500. The number of hydrogen-bond acceptors (Lipinski definition) is 5.